The first-order valence-corrected chi connectivity index (χ1v) is 12.3. The van der Waals surface area contributed by atoms with Crippen LogP contribution in [0.1, 0.15) is 30.3 Å². The highest BCUT2D eigenvalue weighted by Crippen LogP contribution is 2.31. The van der Waals surface area contributed by atoms with Crippen LogP contribution in [-0.2, 0) is 17.8 Å². The van der Waals surface area contributed by atoms with Crippen molar-refractivity contribution >= 4 is 28.8 Å². The Bertz CT molecular complexity index is 1420. The molecule has 0 aliphatic heterocycles. The average molecular weight is 501 g/mol. The van der Waals surface area contributed by atoms with E-state index in [1.807, 2.05) is 49.4 Å². The summed E-state index contributed by atoms with van der Waals surface area (Å²) in [5, 5.41) is 12.3. The summed E-state index contributed by atoms with van der Waals surface area (Å²) in [6.45, 7) is 5.04. The summed E-state index contributed by atoms with van der Waals surface area (Å²) in [5.41, 5.74) is 6.61. The Hall–Kier alpha value is -4.33. The van der Waals surface area contributed by atoms with Gasteiger partial charge in [-0.05, 0) is 48.2 Å². The van der Waals surface area contributed by atoms with E-state index in [0.717, 1.165) is 57.6 Å². The average Bonchev–Trinajstić information content (AvgIpc) is 3.20. The standard InChI is InChI=1S/C29H32N4O4/c1-5-8-26-31-28-19(2)15-22(30-17-27(34)32(3)4)16-24(28)33(26)18-20-11-13-21(14-12-20)23-9-6-7-10-25(23)37-29(35)36/h6-7,9-16,30H,5,8,17-18H2,1-4H3,(H,35,36). The number of aryl methyl sites for hydroxylation is 2. The minimum atomic E-state index is -1.34. The molecule has 0 atom stereocenters. The Morgan fingerprint density at radius 2 is 1.81 bits per heavy atom. The molecular formula is C29H32N4O4. The molecule has 37 heavy (non-hydrogen) atoms. The van der Waals surface area contributed by atoms with E-state index in [2.05, 4.69) is 22.9 Å². The zero-order valence-corrected chi connectivity index (χ0v) is 21.6. The van der Waals surface area contributed by atoms with Gasteiger partial charge in [-0.25, -0.2) is 9.78 Å². The summed E-state index contributed by atoms with van der Waals surface area (Å²) in [7, 11) is 3.49. The van der Waals surface area contributed by atoms with Crippen molar-refractivity contribution in [3.63, 3.8) is 0 Å². The number of carbonyl (C=O) groups excluding carboxylic acids is 1. The molecule has 0 fully saturated rings. The van der Waals surface area contributed by atoms with E-state index < -0.39 is 6.16 Å². The predicted molar refractivity (Wildman–Crippen MR) is 145 cm³/mol. The van der Waals surface area contributed by atoms with Crippen LogP contribution in [0.25, 0.3) is 22.2 Å². The van der Waals surface area contributed by atoms with Crippen molar-refractivity contribution in [3.05, 3.63) is 77.6 Å². The number of fused-ring (bicyclic) bond motifs is 1. The SMILES string of the molecule is CCCc1nc2c(C)cc(NCC(=O)N(C)C)cc2n1Cc1ccc(-c2ccccc2OC(=O)O)cc1. The summed E-state index contributed by atoms with van der Waals surface area (Å²) in [6.07, 6.45) is 0.493. The number of hydrogen-bond acceptors (Lipinski definition) is 5. The van der Waals surface area contributed by atoms with Crippen molar-refractivity contribution in [1.82, 2.24) is 14.5 Å². The van der Waals surface area contributed by atoms with Crippen LogP contribution >= 0.6 is 0 Å². The molecule has 4 aromatic rings. The van der Waals surface area contributed by atoms with Crippen LogP contribution in [0.15, 0.2) is 60.7 Å². The van der Waals surface area contributed by atoms with Crippen LogP contribution < -0.4 is 10.1 Å². The monoisotopic (exact) mass is 500 g/mol. The number of benzene rings is 3. The molecule has 0 unspecified atom stereocenters. The summed E-state index contributed by atoms with van der Waals surface area (Å²) >= 11 is 0. The number of amides is 1. The number of likely N-dealkylation sites (N-methyl/N-ethyl adjacent to an activating group) is 1. The van der Waals surface area contributed by atoms with Crippen molar-refractivity contribution in [2.75, 3.05) is 26.0 Å². The van der Waals surface area contributed by atoms with E-state index in [1.165, 1.54) is 0 Å². The lowest BCUT2D eigenvalue weighted by atomic mass is 10.0. The third kappa shape index (κ3) is 5.91. The van der Waals surface area contributed by atoms with Crippen LogP contribution in [0.5, 0.6) is 5.75 Å². The Balaban J connectivity index is 1.65. The second-order valence-electron chi connectivity index (χ2n) is 9.23. The molecule has 0 radical (unpaired) electrons. The third-order valence-corrected chi connectivity index (χ3v) is 6.23. The lowest BCUT2D eigenvalue weighted by Crippen LogP contribution is -2.28. The Kier molecular flexibility index (Phi) is 7.77. The molecule has 0 saturated carbocycles. The number of aromatic nitrogens is 2. The molecule has 0 saturated heterocycles. The minimum absolute atomic E-state index is 0.00773. The van der Waals surface area contributed by atoms with Gasteiger partial charge in [0.25, 0.3) is 0 Å². The molecule has 8 heteroatoms. The fraction of sp³-hybridized carbons (Fsp3) is 0.276. The van der Waals surface area contributed by atoms with E-state index in [9.17, 15) is 9.59 Å². The largest absolute Gasteiger partial charge is 0.511 e. The van der Waals surface area contributed by atoms with E-state index >= 15 is 0 Å². The second kappa shape index (κ2) is 11.2. The number of carboxylic acid groups (broad SMARTS) is 1. The zero-order chi connectivity index (χ0) is 26.5. The van der Waals surface area contributed by atoms with Gasteiger partial charge < -0.3 is 24.6 Å². The number of nitrogens with one attached hydrogen (secondary N) is 1. The summed E-state index contributed by atoms with van der Waals surface area (Å²) in [6, 6.07) is 19.2. The van der Waals surface area contributed by atoms with E-state index in [1.54, 1.807) is 31.1 Å². The van der Waals surface area contributed by atoms with Crippen molar-refractivity contribution in [2.45, 2.75) is 33.2 Å². The Morgan fingerprint density at radius 1 is 1.08 bits per heavy atom. The molecule has 0 aliphatic carbocycles. The van der Waals surface area contributed by atoms with Gasteiger partial charge in [0, 0.05) is 38.3 Å². The predicted octanol–water partition coefficient (Wildman–Crippen LogP) is 5.57. The molecule has 0 aliphatic rings. The van der Waals surface area contributed by atoms with Crippen LogP contribution in [0, 0.1) is 6.92 Å². The van der Waals surface area contributed by atoms with Crippen LogP contribution in [0.2, 0.25) is 0 Å². The third-order valence-electron chi connectivity index (χ3n) is 6.23. The van der Waals surface area contributed by atoms with Crippen molar-refractivity contribution in [3.8, 4) is 16.9 Å². The first kappa shape index (κ1) is 25.8. The Morgan fingerprint density at radius 3 is 2.49 bits per heavy atom. The number of hydrogen-bond donors (Lipinski definition) is 2. The maximum Gasteiger partial charge on any atom is 0.511 e. The van der Waals surface area contributed by atoms with Crippen LogP contribution in [0.4, 0.5) is 10.5 Å². The van der Waals surface area contributed by atoms with Gasteiger partial charge in [0.2, 0.25) is 5.91 Å². The van der Waals surface area contributed by atoms with Gasteiger partial charge in [0.05, 0.1) is 17.6 Å². The topological polar surface area (TPSA) is 96.7 Å². The van der Waals surface area contributed by atoms with E-state index in [0.29, 0.717) is 12.3 Å². The van der Waals surface area contributed by atoms with Crippen LogP contribution in [0.3, 0.4) is 0 Å². The number of carbonyl (C=O) groups is 2. The Labute approximate surface area is 216 Å². The highest BCUT2D eigenvalue weighted by Gasteiger charge is 2.15. The summed E-state index contributed by atoms with van der Waals surface area (Å²) < 4.78 is 7.19. The lowest BCUT2D eigenvalue weighted by molar-refractivity contribution is -0.126. The molecule has 0 bridgehead atoms. The lowest BCUT2D eigenvalue weighted by Gasteiger charge is -2.14. The zero-order valence-electron chi connectivity index (χ0n) is 21.6. The maximum absolute atomic E-state index is 12.1. The molecule has 1 heterocycles. The van der Waals surface area contributed by atoms with Crippen molar-refractivity contribution in [1.29, 1.82) is 0 Å². The van der Waals surface area contributed by atoms with Gasteiger partial charge in [-0.3, -0.25) is 4.79 Å². The number of rotatable bonds is 9. The fourth-order valence-electron chi connectivity index (χ4n) is 4.33. The maximum atomic E-state index is 12.1. The van der Waals surface area contributed by atoms with Gasteiger partial charge >= 0.3 is 6.16 Å². The summed E-state index contributed by atoms with van der Waals surface area (Å²) in [5.74, 6) is 1.33. The fourth-order valence-corrected chi connectivity index (χ4v) is 4.33. The normalized spacial score (nSPS) is 10.9. The van der Waals surface area contributed by atoms with E-state index in [4.69, 9.17) is 14.8 Å². The van der Waals surface area contributed by atoms with Gasteiger partial charge in [-0.1, -0.05) is 49.4 Å². The quantitative estimate of drug-likeness (QED) is 0.230. The minimum Gasteiger partial charge on any atom is -0.449 e. The number of ether oxygens (including phenoxy) is 1. The molecule has 2 N–H and O–H groups in total. The molecule has 1 amide bonds. The molecule has 1 aromatic heterocycles. The smallest absolute Gasteiger partial charge is 0.449 e. The van der Waals surface area contributed by atoms with Gasteiger partial charge in [-0.15, -0.1) is 0 Å². The summed E-state index contributed by atoms with van der Waals surface area (Å²) in [4.78, 5) is 29.7. The molecule has 4 rings (SSSR count). The highest BCUT2D eigenvalue weighted by molar-refractivity contribution is 5.86. The second-order valence-corrected chi connectivity index (χ2v) is 9.23. The number of para-hydroxylation sites is 1. The molecule has 192 valence electrons. The molecule has 0 spiro atoms. The van der Waals surface area contributed by atoms with E-state index in [-0.39, 0.29) is 12.5 Å². The van der Waals surface area contributed by atoms with Crippen LogP contribution in [-0.4, -0.2) is 52.3 Å². The van der Waals surface area contributed by atoms with Crippen molar-refractivity contribution in [2.24, 2.45) is 0 Å². The number of anilines is 1. The molecular weight excluding hydrogens is 468 g/mol. The highest BCUT2D eigenvalue weighted by atomic mass is 16.7. The molecule has 8 nitrogen and oxygen atoms in total. The molecule has 3 aromatic carbocycles. The van der Waals surface area contributed by atoms with Gasteiger partial charge in [0.1, 0.15) is 11.6 Å². The van der Waals surface area contributed by atoms with Crippen molar-refractivity contribution < 1.29 is 19.4 Å². The van der Waals surface area contributed by atoms with Gasteiger partial charge in [0.15, 0.2) is 0 Å². The first-order valence-electron chi connectivity index (χ1n) is 12.3. The van der Waals surface area contributed by atoms with Gasteiger partial charge in [-0.2, -0.15) is 0 Å². The first-order chi connectivity index (χ1) is 17.8. The number of imidazole rings is 1. The number of nitrogens with zero attached hydrogens (tertiary/aromatic N) is 3.